The molecule has 0 amide bonds. The van der Waals surface area contributed by atoms with Crippen LogP contribution in [0.15, 0.2) is 24.7 Å². The van der Waals surface area contributed by atoms with Gasteiger partial charge in [-0.1, -0.05) is 0 Å². The van der Waals surface area contributed by atoms with Crippen LogP contribution in [0.25, 0.3) is 0 Å². The summed E-state index contributed by atoms with van der Waals surface area (Å²) < 4.78 is 2.27. The highest BCUT2D eigenvalue weighted by Gasteiger charge is 2.18. The Balaban J connectivity index is 1.48. The molecule has 2 aromatic rings. The molecule has 5 nitrogen and oxygen atoms in total. The maximum atomic E-state index is 4.34. The molecule has 90 valence electrons. The van der Waals surface area contributed by atoms with E-state index in [2.05, 4.69) is 31.3 Å². The van der Waals surface area contributed by atoms with Gasteiger partial charge in [-0.15, -0.1) is 0 Å². The Hall–Kier alpha value is -1.62. The molecule has 0 fully saturated rings. The summed E-state index contributed by atoms with van der Waals surface area (Å²) in [5.41, 5.74) is 1.14. The second-order valence-electron chi connectivity index (χ2n) is 4.61. The lowest BCUT2D eigenvalue weighted by Gasteiger charge is -2.23. The van der Waals surface area contributed by atoms with Crippen molar-refractivity contribution >= 4 is 0 Å². The van der Waals surface area contributed by atoms with Crippen molar-refractivity contribution in [2.24, 2.45) is 5.92 Å². The maximum Gasteiger partial charge on any atom is 0.108 e. The third-order valence-electron chi connectivity index (χ3n) is 3.34. The summed E-state index contributed by atoms with van der Waals surface area (Å²) in [7, 11) is 0. The van der Waals surface area contributed by atoms with Gasteiger partial charge < -0.3 is 9.88 Å². The number of aryl methyl sites for hydroxylation is 1. The second kappa shape index (κ2) is 4.71. The first kappa shape index (κ1) is 10.5. The van der Waals surface area contributed by atoms with Crippen LogP contribution in [0.2, 0.25) is 0 Å². The molecule has 3 heterocycles. The topological polar surface area (TPSA) is 58.5 Å². The van der Waals surface area contributed by atoms with E-state index in [1.807, 2.05) is 12.3 Å². The predicted octanol–water partition coefficient (Wildman–Crippen LogP) is 0.958. The molecule has 17 heavy (non-hydrogen) atoms. The Morgan fingerprint density at radius 1 is 1.47 bits per heavy atom. The van der Waals surface area contributed by atoms with Gasteiger partial charge in [0, 0.05) is 50.3 Å². The zero-order chi connectivity index (χ0) is 11.5. The van der Waals surface area contributed by atoms with Gasteiger partial charge in [0.25, 0.3) is 0 Å². The SMILES string of the molecule is c1cc(CNCC2CCc3nccn3C2)[nH]n1. The molecular formula is C12H17N5. The molecule has 0 saturated carbocycles. The number of fused-ring (bicyclic) bond motifs is 1. The minimum absolute atomic E-state index is 0.708. The van der Waals surface area contributed by atoms with E-state index in [1.165, 1.54) is 12.2 Å². The van der Waals surface area contributed by atoms with E-state index in [4.69, 9.17) is 0 Å². The van der Waals surface area contributed by atoms with Crippen LogP contribution in [0.5, 0.6) is 0 Å². The molecule has 0 saturated heterocycles. The average Bonchev–Trinajstić information content (AvgIpc) is 2.98. The second-order valence-corrected chi connectivity index (χ2v) is 4.61. The van der Waals surface area contributed by atoms with Gasteiger partial charge >= 0.3 is 0 Å². The molecule has 1 atom stereocenters. The minimum Gasteiger partial charge on any atom is -0.335 e. The number of aromatic amines is 1. The normalized spacial score (nSPS) is 19.2. The number of hydrogen-bond acceptors (Lipinski definition) is 3. The van der Waals surface area contributed by atoms with E-state index in [0.29, 0.717) is 5.92 Å². The molecule has 0 bridgehead atoms. The number of hydrogen-bond donors (Lipinski definition) is 2. The van der Waals surface area contributed by atoms with Gasteiger partial charge in [-0.3, -0.25) is 5.10 Å². The number of nitrogens with zero attached hydrogens (tertiary/aromatic N) is 3. The summed E-state index contributed by atoms with van der Waals surface area (Å²) in [5, 5.41) is 10.4. The molecule has 3 rings (SSSR count). The van der Waals surface area contributed by atoms with Crippen LogP contribution in [-0.2, 0) is 19.5 Å². The van der Waals surface area contributed by atoms with Crippen molar-refractivity contribution < 1.29 is 0 Å². The van der Waals surface area contributed by atoms with Crippen LogP contribution in [0.4, 0.5) is 0 Å². The van der Waals surface area contributed by atoms with Gasteiger partial charge in [0.15, 0.2) is 0 Å². The monoisotopic (exact) mass is 231 g/mol. The molecule has 1 unspecified atom stereocenters. The predicted molar refractivity (Wildman–Crippen MR) is 64.3 cm³/mol. The van der Waals surface area contributed by atoms with Gasteiger partial charge in [-0.05, 0) is 18.4 Å². The Morgan fingerprint density at radius 2 is 2.47 bits per heavy atom. The maximum absolute atomic E-state index is 4.34. The van der Waals surface area contributed by atoms with Crippen LogP contribution in [0, 0.1) is 5.92 Å². The highest BCUT2D eigenvalue weighted by atomic mass is 15.1. The van der Waals surface area contributed by atoms with Crippen molar-refractivity contribution in [3.63, 3.8) is 0 Å². The fourth-order valence-electron chi connectivity index (χ4n) is 2.40. The Bertz CT molecular complexity index is 459. The van der Waals surface area contributed by atoms with Crippen molar-refractivity contribution in [2.45, 2.75) is 25.9 Å². The van der Waals surface area contributed by atoms with E-state index in [0.717, 1.165) is 31.7 Å². The van der Waals surface area contributed by atoms with Crippen molar-refractivity contribution in [1.29, 1.82) is 0 Å². The van der Waals surface area contributed by atoms with Gasteiger partial charge in [-0.2, -0.15) is 5.10 Å². The van der Waals surface area contributed by atoms with E-state index >= 15 is 0 Å². The Morgan fingerprint density at radius 3 is 3.35 bits per heavy atom. The minimum atomic E-state index is 0.708. The zero-order valence-corrected chi connectivity index (χ0v) is 9.76. The lowest BCUT2D eigenvalue weighted by atomic mass is 9.99. The highest BCUT2D eigenvalue weighted by molar-refractivity contribution is 4.98. The zero-order valence-electron chi connectivity index (χ0n) is 9.76. The number of aromatic nitrogens is 4. The van der Waals surface area contributed by atoms with Crippen LogP contribution < -0.4 is 5.32 Å². The fourth-order valence-corrected chi connectivity index (χ4v) is 2.40. The standard InChI is InChI=1S/C12H17N5/c1-2-12-14-5-6-17(12)9-10(1)7-13-8-11-3-4-15-16-11/h3-6,10,13H,1-2,7-9H2,(H,15,16). The first-order valence-electron chi connectivity index (χ1n) is 6.11. The Kier molecular flexibility index (Phi) is 2.92. The molecule has 2 N–H and O–H groups in total. The van der Waals surface area contributed by atoms with Crippen LogP contribution in [0.3, 0.4) is 0 Å². The quantitative estimate of drug-likeness (QED) is 0.824. The molecule has 0 aromatic carbocycles. The van der Waals surface area contributed by atoms with Gasteiger partial charge in [-0.25, -0.2) is 4.98 Å². The average molecular weight is 231 g/mol. The molecular weight excluding hydrogens is 214 g/mol. The van der Waals surface area contributed by atoms with Gasteiger partial charge in [0.1, 0.15) is 5.82 Å². The van der Waals surface area contributed by atoms with Crippen molar-refractivity contribution in [2.75, 3.05) is 6.54 Å². The molecule has 0 spiro atoms. The third-order valence-corrected chi connectivity index (χ3v) is 3.34. The highest BCUT2D eigenvalue weighted by Crippen LogP contribution is 2.17. The molecule has 1 aliphatic rings. The number of H-pyrrole nitrogens is 1. The Labute approximate surface area is 100 Å². The lowest BCUT2D eigenvalue weighted by molar-refractivity contribution is 0.347. The summed E-state index contributed by atoms with van der Waals surface area (Å²) in [6, 6.07) is 2.00. The van der Waals surface area contributed by atoms with E-state index in [1.54, 1.807) is 6.20 Å². The summed E-state index contributed by atoms with van der Waals surface area (Å²) in [6.07, 6.45) is 8.10. The smallest absolute Gasteiger partial charge is 0.108 e. The first-order valence-corrected chi connectivity index (χ1v) is 6.11. The van der Waals surface area contributed by atoms with Crippen molar-refractivity contribution in [1.82, 2.24) is 25.1 Å². The molecule has 0 radical (unpaired) electrons. The van der Waals surface area contributed by atoms with Gasteiger partial charge in [0.05, 0.1) is 0 Å². The first-order chi connectivity index (χ1) is 8.42. The summed E-state index contributed by atoms with van der Waals surface area (Å²) in [6.45, 7) is 3.01. The van der Waals surface area contributed by atoms with Crippen LogP contribution >= 0.6 is 0 Å². The molecule has 0 aliphatic carbocycles. The van der Waals surface area contributed by atoms with Gasteiger partial charge in [0.2, 0.25) is 0 Å². The lowest BCUT2D eigenvalue weighted by Crippen LogP contribution is -2.29. The fraction of sp³-hybridized carbons (Fsp3) is 0.500. The van der Waals surface area contributed by atoms with Crippen LogP contribution in [-0.4, -0.2) is 26.3 Å². The number of nitrogens with one attached hydrogen (secondary N) is 2. The number of imidazole rings is 1. The summed E-state index contributed by atoms with van der Waals surface area (Å²) in [5.74, 6) is 1.94. The molecule has 2 aromatic heterocycles. The third kappa shape index (κ3) is 2.39. The number of rotatable bonds is 4. The van der Waals surface area contributed by atoms with Crippen molar-refractivity contribution in [3.05, 3.63) is 36.2 Å². The van der Waals surface area contributed by atoms with E-state index < -0.39 is 0 Å². The van der Waals surface area contributed by atoms with E-state index in [-0.39, 0.29) is 0 Å². The van der Waals surface area contributed by atoms with E-state index in [9.17, 15) is 0 Å². The molecule has 1 aliphatic heterocycles. The summed E-state index contributed by atoms with van der Waals surface area (Å²) >= 11 is 0. The summed E-state index contributed by atoms with van der Waals surface area (Å²) in [4.78, 5) is 4.34. The van der Waals surface area contributed by atoms with Crippen LogP contribution in [0.1, 0.15) is 17.9 Å². The molecule has 5 heteroatoms. The van der Waals surface area contributed by atoms with Crippen molar-refractivity contribution in [3.8, 4) is 0 Å². The largest absolute Gasteiger partial charge is 0.335 e.